The van der Waals surface area contributed by atoms with E-state index in [0.29, 0.717) is 24.2 Å². The van der Waals surface area contributed by atoms with Crippen LogP contribution in [-0.2, 0) is 0 Å². The molecule has 2 fully saturated rings. The molecule has 4 heteroatoms. The third kappa shape index (κ3) is 3.11. The van der Waals surface area contributed by atoms with E-state index in [-0.39, 0.29) is 0 Å². The number of nitrogens with zero attached hydrogens (tertiary/aromatic N) is 2. The van der Waals surface area contributed by atoms with Gasteiger partial charge in [-0.2, -0.15) is 4.98 Å². The number of hydrogen-bond donors (Lipinski definition) is 1. The van der Waals surface area contributed by atoms with Crippen molar-refractivity contribution in [1.29, 1.82) is 0 Å². The van der Waals surface area contributed by atoms with Gasteiger partial charge in [-0.1, -0.05) is 6.92 Å². The number of anilines is 2. The Hall–Kier alpha value is -1.45. The van der Waals surface area contributed by atoms with E-state index >= 15 is 0 Å². The predicted molar refractivity (Wildman–Crippen MR) is 77.5 cm³/mol. The van der Waals surface area contributed by atoms with Gasteiger partial charge in [-0.3, -0.25) is 0 Å². The van der Waals surface area contributed by atoms with Crippen LogP contribution >= 0.6 is 0 Å². The van der Waals surface area contributed by atoms with Crippen LogP contribution < -0.4 is 15.4 Å². The molecule has 0 radical (unpaired) electrons. The third-order valence-electron chi connectivity index (χ3n) is 3.75. The van der Waals surface area contributed by atoms with E-state index in [4.69, 9.17) is 10.5 Å². The molecular weight excluding hydrogens is 238 g/mol. The van der Waals surface area contributed by atoms with Crippen LogP contribution in [0.5, 0.6) is 5.88 Å². The maximum atomic E-state index is 5.93. The highest BCUT2D eigenvalue weighted by Gasteiger charge is 2.34. The quantitative estimate of drug-likeness (QED) is 0.820. The minimum Gasteiger partial charge on any atom is -0.476 e. The van der Waals surface area contributed by atoms with Crippen LogP contribution in [0.15, 0.2) is 12.1 Å². The van der Waals surface area contributed by atoms with Crippen molar-refractivity contribution in [2.45, 2.75) is 45.1 Å². The van der Waals surface area contributed by atoms with Gasteiger partial charge in [-0.05, 0) is 50.2 Å². The average Bonchev–Trinajstić information content (AvgIpc) is 3.27. The first-order chi connectivity index (χ1) is 9.28. The number of rotatable bonds is 7. The van der Waals surface area contributed by atoms with Gasteiger partial charge in [0.2, 0.25) is 5.88 Å². The smallest absolute Gasteiger partial charge is 0.239 e. The fourth-order valence-electron chi connectivity index (χ4n) is 2.31. The van der Waals surface area contributed by atoms with Crippen LogP contribution in [0.2, 0.25) is 0 Å². The standard InChI is InChI=1S/C15H23N3O/c1-2-9-19-15-13(16)7-8-14(17-15)18(12-5-6-12)10-11-3-4-11/h7-8,11-12H,2-6,9-10,16H2,1H3. The molecule has 1 aromatic heterocycles. The fraction of sp³-hybridized carbons (Fsp3) is 0.667. The Morgan fingerprint density at radius 2 is 2.11 bits per heavy atom. The highest BCUT2D eigenvalue weighted by atomic mass is 16.5. The van der Waals surface area contributed by atoms with Gasteiger partial charge >= 0.3 is 0 Å². The van der Waals surface area contributed by atoms with E-state index in [1.807, 2.05) is 12.1 Å². The summed E-state index contributed by atoms with van der Waals surface area (Å²) in [7, 11) is 0. The molecule has 1 aromatic rings. The summed E-state index contributed by atoms with van der Waals surface area (Å²) < 4.78 is 5.63. The molecule has 104 valence electrons. The highest BCUT2D eigenvalue weighted by molar-refractivity contribution is 5.55. The van der Waals surface area contributed by atoms with E-state index in [2.05, 4.69) is 16.8 Å². The fourth-order valence-corrected chi connectivity index (χ4v) is 2.31. The van der Waals surface area contributed by atoms with Gasteiger partial charge < -0.3 is 15.4 Å². The summed E-state index contributed by atoms with van der Waals surface area (Å²) in [4.78, 5) is 7.09. The van der Waals surface area contributed by atoms with Crippen molar-refractivity contribution in [3.8, 4) is 5.88 Å². The largest absolute Gasteiger partial charge is 0.476 e. The molecule has 0 bridgehead atoms. The number of nitrogen functional groups attached to an aromatic ring is 1. The monoisotopic (exact) mass is 261 g/mol. The van der Waals surface area contributed by atoms with Crippen molar-refractivity contribution >= 4 is 11.5 Å². The molecule has 2 N–H and O–H groups in total. The minimum absolute atomic E-state index is 0.598. The lowest BCUT2D eigenvalue weighted by Gasteiger charge is -2.24. The molecule has 0 spiro atoms. The zero-order chi connectivity index (χ0) is 13.2. The second-order valence-electron chi connectivity index (χ2n) is 5.74. The molecule has 0 saturated heterocycles. The summed E-state index contributed by atoms with van der Waals surface area (Å²) >= 11 is 0. The van der Waals surface area contributed by atoms with Crippen molar-refractivity contribution in [3.63, 3.8) is 0 Å². The van der Waals surface area contributed by atoms with Crippen LogP contribution in [0.3, 0.4) is 0 Å². The van der Waals surface area contributed by atoms with Crippen LogP contribution in [-0.4, -0.2) is 24.2 Å². The second kappa shape index (κ2) is 5.27. The number of hydrogen-bond acceptors (Lipinski definition) is 4. The molecule has 0 amide bonds. The molecule has 0 aliphatic heterocycles. The molecule has 4 nitrogen and oxygen atoms in total. The maximum absolute atomic E-state index is 5.93. The van der Waals surface area contributed by atoms with Crippen molar-refractivity contribution in [2.24, 2.45) is 5.92 Å². The van der Waals surface area contributed by atoms with E-state index in [0.717, 1.165) is 24.7 Å². The molecule has 2 aliphatic rings. The highest BCUT2D eigenvalue weighted by Crippen LogP contribution is 2.38. The summed E-state index contributed by atoms with van der Waals surface area (Å²) in [5.74, 6) is 2.51. The lowest BCUT2D eigenvalue weighted by molar-refractivity contribution is 0.307. The van der Waals surface area contributed by atoms with E-state index < -0.39 is 0 Å². The third-order valence-corrected chi connectivity index (χ3v) is 3.75. The Morgan fingerprint density at radius 1 is 1.32 bits per heavy atom. The number of aromatic nitrogens is 1. The molecule has 0 atom stereocenters. The molecule has 2 saturated carbocycles. The normalized spacial score (nSPS) is 18.4. The zero-order valence-electron chi connectivity index (χ0n) is 11.6. The zero-order valence-corrected chi connectivity index (χ0v) is 11.6. The SMILES string of the molecule is CCCOc1nc(N(CC2CC2)C2CC2)ccc1N. The Kier molecular flexibility index (Phi) is 3.49. The number of nitrogens with two attached hydrogens (primary N) is 1. The van der Waals surface area contributed by atoms with Gasteiger partial charge in [0.25, 0.3) is 0 Å². The van der Waals surface area contributed by atoms with Crippen LogP contribution in [0.25, 0.3) is 0 Å². The Bertz CT molecular complexity index is 441. The molecule has 2 aliphatic carbocycles. The Morgan fingerprint density at radius 3 is 2.74 bits per heavy atom. The van der Waals surface area contributed by atoms with Gasteiger partial charge in [0.1, 0.15) is 5.82 Å². The van der Waals surface area contributed by atoms with Gasteiger partial charge in [0.05, 0.1) is 12.3 Å². The summed E-state index contributed by atoms with van der Waals surface area (Å²) in [5.41, 5.74) is 6.57. The van der Waals surface area contributed by atoms with E-state index in [9.17, 15) is 0 Å². The average molecular weight is 261 g/mol. The van der Waals surface area contributed by atoms with Crippen molar-refractivity contribution in [2.75, 3.05) is 23.8 Å². The number of ether oxygens (including phenoxy) is 1. The predicted octanol–water partition coefficient (Wildman–Crippen LogP) is 2.83. The van der Waals surface area contributed by atoms with Crippen molar-refractivity contribution < 1.29 is 4.74 Å². The van der Waals surface area contributed by atoms with Gasteiger partial charge in [-0.15, -0.1) is 0 Å². The minimum atomic E-state index is 0.598. The molecular formula is C15H23N3O. The van der Waals surface area contributed by atoms with Gasteiger partial charge in [-0.25, -0.2) is 0 Å². The van der Waals surface area contributed by atoms with E-state index in [1.165, 1.54) is 25.7 Å². The van der Waals surface area contributed by atoms with Crippen LogP contribution in [0.4, 0.5) is 11.5 Å². The maximum Gasteiger partial charge on any atom is 0.239 e. The summed E-state index contributed by atoms with van der Waals surface area (Å²) in [6.45, 7) is 3.91. The summed E-state index contributed by atoms with van der Waals surface area (Å²) in [5, 5.41) is 0. The second-order valence-corrected chi connectivity index (χ2v) is 5.74. The first-order valence-electron chi connectivity index (χ1n) is 7.44. The van der Waals surface area contributed by atoms with Gasteiger partial charge in [0, 0.05) is 12.6 Å². The molecule has 0 unspecified atom stereocenters. The number of pyridine rings is 1. The van der Waals surface area contributed by atoms with Crippen molar-refractivity contribution in [1.82, 2.24) is 4.98 Å². The van der Waals surface area contributed by atoms with Crippen LogP contribution in [0.1, 0.15) is 39.0 Å². The Balaban J connectivity index is 1.76. The van der Waals surface area contributed by atoms with E-state index in [1.54, 1.807) is 0 Å². The summed E-state index contributed by atoms with van der Waals surface area (Å²) in [6.07, 6.45) is 6.31. The first kappa shape index (κ1) is 12.6. The lowest BCUT2D eigenvalue weighted by atomic mass is 10.3. The summed E-state index contributed by atoms with van der Waals surface area (Å²) in [6, 6.07) is 4.65. The first-order valence-corrected chi connectivity index (χ1v) is 7.44. The topological polar surface area (TPSA) is 51.4 Å². The lowest BCUT2D eigenvalue weighted by Crippen LogP contribution is -2.29. The van der Waals surface area contributed by atoms with Crippen LogP contribution in [0, 0.1) is 5.92 Å². The Labute approximate surface area is 115 Å². The molecule has 0 aromatic carbocycles. The molecule has 3 rings (SSSR count). The molecule has 19 heavy (non-hydrogen) atoms. The van der Waals surface area contributed by atoms with Crippen molar-refractivity contribution in [3.05, 3.63) is 12.1 Å². The van der Waals surface area contributed by atoms with Gasteiger partial charge in [0.15, 0.2) is 0 Å². The molecule has 1 heterocycles.